The smallest absolute Gasteiger partial charge is 0.0422 e. The maximum absolute atomic E-state index is 4.56. The maximum atomic E-state index is 4.56. The minimum Gasteiger partial charge on any atom is -0.310 e. The lowest BCUT2D eigenvalue weighted by molar-refractivity contribution is 0.542. The second-order valence-electron chi connectivity index (χ2n) is 5.12. The van der Waals surface area contributed by atoms with Crippen molar-refractivity contribution in [1.82, 2.24) is 15.3 Å². The summed E-state index contributed by atoms with van der Waals surface area (Å²) in [4.78, 5) is 8.86. The Balaban J connectivity index is 2.16. The van der Waals surface area contributed by atoms with Crippen LogP contribution in [0.25, 0.3) is 0 Å². The molecule has 0 aliphatic carbocycles. The van der Waals surface area contributed by atoms with Crippen LogP contribution in [0, 0.1) is 6.92 Å². The summed E-state index contributed by atoms with van der Waals surface area (Å²) in [6, 6.07) is 6.76. The van der Waals surface area contributed by atoms with Crippen molar-refractivity contribution in [1.29, 1.82) is 0 Å². The van der Waals surface area contributed by atoms with E-state index in [2.05, 4.69) is 54.3 Å². The largest absolute Gasteiger partial charge is 0.310 e. The van der Waals surface area contributed by atoms with Gasteiger partial charge < -0.3 is 5.32 Å². The van der Waals surface area contributed by atoms with E-state index in [0.717, 1.165) is 25.1 Å². The zero-order chi connectivity index (χ0) is 14.4. The minimum atomic E-state index is 0.271. The second-order valence-corrected chi connectivity index (χ2v) is 5.12. The Morgan fingerprint density at radius 3 is 2.60 bits per heavy atom. The first kappa shape index (κ1) is 14.7. The molecule has 3 nitrogen and oxygen atoms in total. The summed E-state index contributed by atoms with van der Waals surface area (Å²) in [5.74, 6) is 0. The Hall–Kier alpha value is -1.74. The zero-order valence-electron chi connectivity index (χ0n) is 12.6. The molecule has 20 heavy (non-hydrogen) atoms. The normalized spacial score (nSPS) is 12.3. The van der Waals surface area contributed by atoms with E-state index in [1.807, 2.05) is 18.6 Å². The molecule has 3 heteroatoms. The maximum Gasteiger partial charge on any atom is 0.0422 e. The van der Waals surface area contributed by atoms with Gasteiger partial charge in [-0.15, -0.1) is 0 Å². The SMILES string of the molecule is CCNC(Cc1ccc(CC)cn1)c1cncc(C)c1. The van der Waals surface area contributed by atoms with Crippen molar-refractivity contribution in [2.45, 2.75) is 39.7 Å². The highest BCUT2D eigenvalue weighted by Crippen LogP contribution is 2.18. The lowest BCUT2D eigenvalue weighted by Crippen LogP contribution is -2.23. The minimum absolute atomic E-state index is 0.271. The molecule has 0 fully saturated rings. The van der Waals surface area contributed by atoms with Crippen LogP contribution >= 0.6 is 0 Å². The average Bonchev–Trinajstić information content (AvgIpc) is 2.47. The van der Waals surface area contributed by atoms with E-state index in [-0.39, 0.29) is 6.04 Å². The summed E-state index contributed by atoms with van der Waals surface area (Å²) in [5.41, 5.74) is 4.83. The van der Waals surface area contributed by atoms with Gasteiger partial charge in [-0.25, -0.2) is 0 Å². The summed E-state index contributed by atoms with van der Waals surface area (Å²) >= 11 is 0. The van der Waals surface area contributed by atoms with Crippen molar-refractivity contribution in [2.75, 3.05) is 6.54 Å². The first-order valence-corrected chi connectivity index (χ1v) is 7.31. The summed E-state index contributed by atoms with van der Waals surface area (Å²) < 4.78 is 0. The van der Waals surface area contributed by atoms with Gasteiger partial charge in [0.2, 0.25) is 0 Å². The van der Waals surface area contributed by atoms with Crippen molar-refractivity contribution in [2.24, 2.45) is 0 Å². The van der Waals surface area contributed by atoms with Crippen LogP contribution in [0.3, 0.4) is 0 Å². The Kier molecular flexibility index (Phi) is 5.24. The Labute approximate surface area is 121 Å². The van der Waals surface area contributed by atoms with Gasteiger partial charge >= 0.3 is 0 Å². The number of hydrogen-bond acceptors (Lipinski definition) is 3. The first-order valence-electron chi connectivity index (χ1n) is 7.31. The molecule has 0 radical (unpaired) electrons. The summed E-state index contributed by atoms with van der Waals surface area (Å²) in [6.45, 7) is 7.29. The van der Waals surface area contributed by atoms with E-state index < -0.39 is 0 Å². The molecule has 0 amide bonds. The summed E-state index contributed by atoms with van der Waals surface area (Å²) in [7, 11) is 0. The Morgan fingerprint density at radius 2 is 2.00 bits per heavy atom. The highest BCUT2D eigenvalue weighted by Gasteiger charge is 2.12. The van der Waals surface area contributed by atoms with Gasteiger partial charge in [0.25, 0.3) is 0 Å². The van der Waals surface area contributed by atoms with Crippen molar-refractivity contribution < 1.29 is 0 Å². The molecule has 0 aromatic carbocycles. The second kappa shape index (κ2) is 7.15. The van der Waals surface area contributed by atoms with E-state index in [1.165, 1.54) is 16.7 Å². The van der Waals surface area contributed by atoms with Crippen LogP contribution in [0.5, 0.6) is 0 Å². The Bertz CT molecular complexity index is 534. The van der Waals surface area contributed by atoms with Gasteiger partial charge in [-0.1, -0.05) is 26.0 Å². The van der Waals surface area contributed by atoms with Crippen molar-refractivity contribution >= 4 is 0 Å². The molecule has 2 aromatic heterocycles. The molecule has 0 saturated carbocycles. The molecular weight excluding hydrogens is 246 g/mol. The number of likely N-dealkylation sites (N-methyl/N-ethyl adjacent to an activating group) is 1. The fourth-order valence-corrected chi connectivity index (χ4v) is 2.32. The highest BCUT2D eigenvalue weighted by atomic mass is 14.9. The third kappa shape index (κ3) is 3.87. The molecule has 1 N–H and O–H groups in total. The van der Waals surface area contributed by atoms with Gasteiger partial charge in [0, 0.05) is 36.7 Å². The average molecular weight is 269 g/mol. The molecule has 1 atom stereocenters. The first-order chi connectivity index (χ1) is 9.72. The molecule has 0 saturated heterocycles. The van der Waals surface area contributed by atoms with Crippen molar-refractivity contribution in [3.8, 4) is 0 Å². The van der Waals surface area contributed by atoms with Crippen LogP contribution in [0.4, 0.5) is 0 Å². The predicted molar refractivity (Wildman–Crippen MR) is 82.7 cm³/mol. The number of aromatic nitrogens is 2. The van der Waals surface area contributed by atoms with Crippen LogP contribution in [-0.2, 0) is 12.8 Å². The fourth-order valence-electron chi connectivity index (χ4n) is 2.32. The third-order valence-corrected chi connectivity index (χ3v) is 3.46. The van der Waals surface area contributed by atoms with E-state index in [1.54, 1.807) is 0 Å². The molecule has 106 valence electrons. The lowest BCUT2D eigenvalue weighted by atomic mass is 10.0. The fraction of sp³-hybridized carbons (Fsp3) is 0.412. The van der Waals surface area contributed by atoms with Gasteiger partial charge in [-0.3, -0.25) is 9.97 Å². The molecule has 2 rings (SSSR count). The van der Waals surface area contributed by atoms with E-state index in [0.29, 0.717) is 0 Å². The van der Waals surface area contributed by atoms with Crippen LogP contribution in [0.1, 0.15) is 42.3 Å². The number of aryl methyl sites for hydroxylation is 2. The van der Waals surface area contributed by atoms with E-state index in [9.17, 15) is 0 Å². The van der Waals surface area contributed by atoms with Crippen LogP contribution in [0.15, 0.2) is 36.8 Å². The molecule has 0 aliphatic heterocycles. The standard InChI is InChI=1S/C17H23N3/c1-4-14-6-7-16(20-11-14)9-17(19-5-2)15-8-13(3)10-18-12-15/h6-8,10-12,17,19H,4-5,9H2,1-3H3. The van der Waals surface area contributed by atoms with Gasteiger partial charge in [-0.05, 0) is 42.6 Å². The van der Waals surface area contributed by atoms with Gasteiger partial charge in [-0.2, -0.15) is 0 Å². The quantitative estimate of drug-likeness (QED) is 0.875. The van der Waals surface area contributed by atoms with Crippen LogP contribution in [-0.4, -0.2) is 16.5 Å². The lowest BCUT2D eigenvalue weighted by Gasteiger charge is -2.18. The van der Waals surface area contributed by atoms with Crippen molar-refractivity contribution in [3.63, 3.8) is 0 Å². The molecule has 0 bridgehead atoms. The number of nitrogens with one attached hydrogen (secondary N) is 1. The highest BCUT2D eigenvalue weighted by molar-refractivity contribution is 5.23. The van der Waals surface area contributed by atoms with Gasteiger partial charge in [0.15, 0.2) is 0 Å². The predicted octanol–water partition coefficient (Wildman–Crippen LogP) is 3.24. The molecule has 0 spiro atoms. The van der Waals surface area contributed by atoms with Gasteiger partial charge in [0.05, 0.1) is 0 Å². The number of nitrogens with zero attached hydrogens (tertiary/aromatic N) is 2. The van der Waals surface area contributed by atoms with Crippen LogP contribution in [0.2, 0.25) is 0 Å². The third-order valence-electron chi connectivity index (χ3n) is 3.46. The summed E-state index contributed by atoms with van der Waals surface area (Å²) in [5, 5.41) is 3.52. The molecular formula is C17H23N3. The Morgan fingerprint density at radius 1 is 1.15 bits per heavy atom. The zero-order valence-corrected chi connectivity index (χ0v) is 12.6. The topological polar surface area (TPSA) is 37.8 Å². The summed E-state index contributed by atoms with van der Waals surface area (Å²) in [6.07, 6.45) is 7.74. The molecule has 2 heterocycles. The number of rotatable bonds is 6. The van der Waals surface area contributed by atoms with E-state index in [4.69, 9.17) is 0 Å². The van der Waals surface area contributed by atoms with Crippen molar-refractivity contribution in [3.05, 3.63) is 59.2 Å². The monoisotopic (exact) mass is 269 g/mol. The van der Waals surface area contributed by atoms with E-state index >= 15 is 0 Å². The number of hydrogen-bond donors (Lipinski definition) is 1. The van der Waals surface area contributed by atoms with Crippen LogP contribution < -0.4 is 5.32 Å². The molecule has 1 unspecified atom stereocenters. The molecule has 2 aromatic rings. The number of pyridine rings is 2. The van der Waals surface area contributed by atoms with Gasteiger partial charge in [0.1, 0.15) is 0 Å². The molecule has 0 aliphatic rings.